The Kier molecular flexibility index (Phi) is 31.0. The van der Waals surface area contributed by atoms with Crippen LogP contribution in [-0.2, 0) is 28.9 Å². The Hall–Kier alpha value is -3.02. The highest BCUT2D eigenvalue weighted by atomic mass is 32.2. The van der Waals surface area contributed by atoms with Gasteiger partial charge in [0.05, 0.1) is 23.6 Å². The number of unbranched alkanes of at least 4 members (excludes halogenated alkanes) is 3. The van der Waals surface area contributed by atoms with Crippen LogP contribution < -0.4 is 16.4 Å². The van der Waals surface area contributed by atoms with Crippen molar-refractivity contribution in [1.29, 1.82) is 10.5 Å². The lowest BCUT2D eigenvalue weighted by Gasteiger charge is -2.26. The van der Waals surface area contributed by atoms with E-state index in [4.69, 9.17) is 21.4 Å². The number of carbonyl (C=O) groups is 3. The predicted molar refractivity (Wildman–Crippen MR) is 180 cm³/mol. The van der Waals surface area contributed by atoms with Crippen LogP contribution in [0.15, 0.2) is 0 Å². The van der Waals surface area contributed by atoms with E-state index in [-0.39, 0.29) is 18.6 Å². The summed E-state index contributed by atoms with van der Waals surface area (Å²) in [4.78, 5) is 34.8. The van der Waals surface area contributed by atoms with Gasteiger partial charge in [-0.25, -0.2) is 13.2 Å². The number of aliphatic hydroxyl groups is 1. The standard InChI is InChI=1S/C6H15N3.C6H8N2.C5H9NO.C4H7NO.C4H6O3.C4H8O2S.C2H6O/c7-1-4-9-5-2-8-3-6-9;7-5-3-1-2-4-6-8;1-6-4-2-3-5(6)7;6-4-2-1-3-5-4;1-3-2-6-4(5)7-3;5-7(6)3-1-2-4-7;1-2-3/h8H,1-7H2;1-4H2;2-4H2,1H3;1-3H2,(H,5,6);3H,2H2,1H3;1-4H2;3H,2H2,1H3. The van der Waals surface area contributed by atoms with Crippen molar-refractivity contribution in [2.45, 2.75) is 84.2 Å². The number of nitriles is 2. The Balaban J connectivity index is 0. The molecule has 0 spiro atoms. The smallest absolute Gasteiger partial charge is 0.430 e. The number of cyclic esters (lactones) is 2. The first-order valence-corrected chi connectivity index (χ1v) is 18.3. The van der Waals surface area contributed by atoms with Crippen LogP contribution in [-0.4, -0.2) is 132 Å². The molecule has 0 bridgehead atoms. The highest BCUT2D eigenvalue weighted by Gasteiger charge is 2.19. The molecule has 0 radical (unpaired) electrons. The Morgan fingerprint density at radius 1 is 0.957 bits per heavy atom. The molecule has 5 aliphatic rings. The molecule has 0 aromatic carbocycles. The fraction of sp³-hybridized carbons (Fsp3) is 0.839. The number of piperazine rings is 1. The molecule has 16 heteroatoms. The first kappa shape index (κ1) is 46.1. The van der Waals surface area contributed by atoms with Gasteiger partial charge >= 0.3 is 6.16 Å². The highest BCUT2D eigenvalue weighted by molar-refractivity contribution is 7.91. The summed E-state index contributed by atoms with van der Waals surface area (Å²) in [7, 11) is -0.704. The molecule has 5 saturated heterocycles. The lowest BCUT2D eigenvalue weighted by molar-refractivity contribution is -0.126. The molecule has 0 aromatic heterocycles. The van der Waals surface area contributed by atoms with Crippen LogP contribution in [0.25, 0.3) is 0 Å². The van der Waals surface area contributed by atoms with E-state index < -0.39 is 16.0 Å². The normalized spacial score (nSPS) is 20.3. The molecule has 0 aliphatic carbocycles. The number of likely N-dealkylation sites (tertiary alicyclic amines) is 1. The number of nitrogens with two attached hydrogens (primary N) is 1. The van der Waals surface area contributed by atoms with Gasteiger partial charge in [-0.1, -0.05) is 0 Å². The van der Waals surface area contributed by atoms with E-state index in [2.05, 4.69) is 25.0 Å². The molecule has 1 atom stereocenters. The summed E-state index contributed by atoms with van der Waals surface area (Å²) < 4.78 is 29.8. The number of ether oxygens (including phenoxy) is 2. The van der Waals surface area contributed by atoms with Crippen molar-refractivity contribution in [1.82, 2.24) is 20.4 Å². The largest absolute Gasteiger partial charge is 0.508 e. The van der Waals surface area contributed by atoms with Crippen LogP contribution in [0.5, 0.6) is 0 Å². The summed E-state index contributed by atoms with van der Waals surface area (Å²) in [6.45, 7) is 12.4. The molecule has 272 valence electrons. The van der Waals surface area contributed by atoms with Crippen molar-refractivity contribution < 1.29 is 37.4 Å². The van der Waals surface area contributed by atoms with E-state index in [9.17, 15) is 22.8 Å². The molecule has 5 fully saturated rings. The fourth-order valence-electron chi connectivity index (χ4n) is 4.04. The average Bonchev–Trinajstić information content (AvgIpc) is 3.86. The van der Waals surface area contributed by atoms with Gasteiger partial charge in [-0.15, -0.1) is 0 Å². The van der Waals surface area contributed by atoms with Gasteiger partial charge in [0.2, 0.25) is 11.8 Å². The van der Waals surface area contributed by atoms with E-state index in [0.717, 1.165) is 104 Å². The van der Waals surface area contributed by atoms with Crippen molar-refractivity contribution in [2.24, 2.45) is 5.73 Å². The van der Waals surface area contributed by atoms with Crippen LogP contribution in [0.1, 0.15) is 78.1 Å². The summed E-state index contributed by atoms with van der Waals surface area (Å²) in [6.07, 6.45) is 7.63. The predicted octanol–water partition coefficient (Wildman–Crippen LogP) is 1.31. The first-order valence-electron chi connectivity index (χ1n) is 16.5. The van der Waals surface area contributed by atoms with Gasteiger partial charge < -0.3 is 35.8 Å². The second kappa shape index (κ2) is 31.6. The third-order valence-corrected chi connectivity index (χ3v) is 8.41. The number of carbonyl (C=O) groups excluding carboxylic acids is 3. The Labute approximate surface area is 282 Å². The second-order valence-corrected chi connectivity index (χ2v) is 13.2. The van der Waals surface area contributed by atoms with Crippen molar-refractivity contribution in [2.75, 3.05) is 84.1 Å². The van der Waals surface area contributed by atoms with Gasteiger partial charge in [0.15, 0.2) is 0 Å². The second-order valence-electron chi connectivity index (χ2n) is 10.9. The average molecular weight is 690 g/mol. The molecule has 47 heavy (non-hydrogen) atoms. The third kappa shape index (κ3) is 31.4. The number of nitrogens with one attached hydrogen (secondary N) is 2. The number of aliphatic hydroxyl groups excluding tert-OH is 1. The molecule has 0 saturated carbocycles. The highest BCUT2D eigenvalue weighted by Crippen LogP contribution is 2.08. The summed E-state index contributed by atoms with van der Waals surface area (Å²) in [5.41, 5.74) is 5.40. The lowest BCUT2D eigenvalue weighted by Crippen LogP contribution is -2.45. The van der Waals surface area contributed by atoms with Gasteiger partial charge in [0.25, 0.3) is 0 Å². The van der Waals surface area contributed by atoms with Crippen LogP contribution in [0.3, 0.4) is 0 Å². The maximum absolute atomic E-state index is 10.5. The van der Waals surface area contributed by atoms with Gasteiger partial charge in [-0.05, 0) is 52.4 Å². The van der Waals surface area contributed by atoms with Crippen LogP contribution in [0.2, 0.25) is 0 Å². The quantitative estimate of drug-likeness (QED) is 0.236. The van der Waals surface area contributed by atoms with Crippen molar-refractivity contribution in [3.05, 3.63) is 0 Å². The zero-order chi connectivity index (χ0) is 35.8. The minimum atomic E-state index is -2.55. The minimum Gasteiger partial charge on any atom is -0.430 e. The molecule has 5 heterocycles. The summed E-state index contributed by atoms with van der Waals surface area (Å²) in [6, 6.07) is 4.03. The molecule has 0 aromatic rings. The van der Waals surface area contributed by atoms with Crippen molar-refractivity contribution in [3.8, 4) is 12.1 Å². The van der Waals surface area contributed by atoms with E-state index >= 15 is 0 Å². The number of rotatable bonds is 5. The van der Waals surface area contributed by atoms with Gasteiger partial charge in [0, 0.05) is 91.7 Å². The molecule has 15 nitrogen and oxygen atoms in total. The zero-order valence-corrected chi connectivity index (χ0v) is 29.5. The molecule has 5 aliphatic heterocycles. The van der Waals surface area contributed by atoms with E-state index in [1.165, 1.54) is 0 Å². The number of amides is 2. The molecule has 2 amide bonds. The Morgan fingerprint density at radius 2 is 1.53 bits per heavy atom. The summed E-state index contributed by atoms with van der Waals surface area (Å²) in [5.74, 6) is 1.34. The topological polar surface area (TPSA) is 228 Å². The maximum Gasteiger partial charge on any atom is 0.508 e. The van der Waals surface area contributed by atoms with Gasteiger partial charge in [0.1, 0.15) is 22.5 Å². The molecular formula is C31H59N7O8S. The van der Waals surface area contributed by atoms with Crippen molar-refractivity contribution in [3.63, 3.8) is 0 Å². The number of hydrogen-bond donors (Lipinski definition) is 4. The Bertz CT molecular complexity index is 974. The van der Waals surface area contributed by atoms with Crippen LogP contribution in [0, 0.1) is 22.7 Å². The maximum atomic E-state index is 10.5. The number of sulfone groups is 1. The van der Waals surface area contributed by atoms with Crippen LogP contribution >= 0.6 is 0 Å². The number of nitrogens with zero attached hydrogens (tertiary/aromatic N) is 4. The molecule has 5 rings (SSSR count). The van der Waals surface area contributed by atoms with Gasteiger partial charge in [-0.3, -0.25) is 14.5 Å². The first-order chi connectivity index (χ1) is 22.5. The number of hydrogen-bond acceptors (Lipinski definition) is 13. The third-order valence-electron chi connectivity index (χ3n) is 6.59. The summed E-state index contributed by atoms with van der Waals surface area (Å²) in [5, 5.41) is 29.6. The van der Waals surface area contributed by atoms with E-state index in [1.807, 2.05) is 19.2 Å². The Morgan fingerprint density at radius 3 is 1.77 bits per heavy atom. The molecule has 1 unspecified atom stereocenters. The van der Waals surface area contributed by atoms with Crippen molar-refractivity contribution >= 4 is 27.8 Å². The molecule has 5 N–H and O–H groups in total. The summed E-state index contributed by atoms with van der Waals surface area (Å²) >= 11 is 0. The lowest BCUT2D eigenvalue weighted by atomic mass is 10.2. The van der Waals surface area contributed by atoms with E-state index in [1.54, 1.807) is 18.7 Å². The minimum absolute atomic E-state index is 0.0486. The SMILES string of the molecule is CC1COC(=O)O1.CCO.CN1CCCC1=O.N#CCCCCC#N.NCCN1CCNCC1.O=C1CCCN1.O=S1(=O)CCCC1. The monoisotopic (exact) mass is 689 g/mol. The van der Waals surface area contributed by atoms with Crippen LogP contribution in [0.4, 0.5) is 4.79 Å². The zero-order valence-electron chi connectivity index (χ0n) is 28.7. The fourth-order valence-corrected chi connectivity index (χ4v) is 5.53. The van der Waals surface area contributed by atoms with E-state index in [0.29, 0.717) is 36.9 Å². The molecular weight excluding hydrogens is 630 g/mol. The van der Waals surface area contributed by atoms with Gasteiger partial charge in [-0.2, -0.15) is 10.5 Å².